The molecule has 6 heteroatoms. The summed E-state index contributed by atoms with van der Waals surface area (Å²) in [5.74, 6) is 3.56. The fraction of sp³-hybridized carbons (Fsp3) is 0.903. The van der Waals surface area contributed by atoms with Crippen LogP contribution in [0.2, 0.25) is 0 Å². The maximum Gasteiger partial charge on any atom is 0.306 e. The molecule has 4 fully saturated rings. The third kappa shape index (κ3) is 6.29. The molecule has 5 nitrogen and oxygen atoms in total. The second-order valence-electron chi connectivity index (χ2n) is 13.6. The summed E-state index contributed by atoms with van der Waals surface area (Å²) < 4.78 is 5.87. The van der Waals surface area contributed by atoms with Crippen molar-refractivity contribution in [1.29, 1.82) is 0 Å². The Balaban J connectivity index is 0.00000380. The molecule has 10 atom stereocenters. The summed E-state index contributed by atoms with van der Waals surface area (Å²) in [4.78, 5) is 35.1. The van der Waals surface area contributed by atoms with Gasteiger partial charge in [-0.05, 0) is 124 Å². The van der Waals surface area contributed by atoms with E-state index in [4.69, 9.17) is 4.74 Å². The molecule has 4 rings (SSSR count). The average molecular weight is 592 g/mol. The normalized spacial score (nSPS) is 41.4. The summed E-state index contributed by atoms with van der Waals surface area (Å²) in [6.45, 7) is 10.4. The first-order valence-electron chi connectivity index (χ1n) is 14.8. The molecule has 4 aliphatic carbocycles. The van der Waals surface area contributed by atoms with Crippen molar-refractivity contribution >= 4 is 17.5 Å². The Morgan fingerprint density at radius 1 is 0.919 bits per heavy atom. The van der Waals surface area contributed by atoms with E-state index < -0.39 is 0 Å². The van der Waals surface area contributed by atoms with Gasteiger partial charge in [-0.3, -0.25) is 4.79 Å². The van der Waals surface area contributed by atoms with Crippen LogP contribution in [-0.2, 0) is 51.8 Å². The molecule has 37 heavy (non-hydrogen) atoms. The molecule has 10 unspecified atom stereocenters. The van der Waals surface area contributed by atoms with Gasteiger partial charge in [-0.25, -0.2) is 0 Å². The number of Topliss-reactive ketones (excluding diaryl/α,β-unsaturated/α-hetero) is 2. The first kappa shape index (κ1) is 31.4. The Labute approximate surface area is 249 Å². The molecule has 4 saturated carbocycles. The number of aliphatic hydroxyl groups excluding tert-OH is 1. The zero-order valence-electron chi connectivity index (χ0n) is 24.0. The molecular weight excluding hydrogens is 541 g/mol. The summed E-state index contributed by atoms with van der Waals surface area (Å²) in [5.41, 5.74) is 0.175. The largest absolute Gasteiger partial charge is 0.462 e. The molecule has 4 aliphatic rings. The number of fused-ring (bicyclic) bond motifs is 5. The molecule has 0 aromatic heterocycles. The molecular formula is C31H50O5Y. The number of hydrogen-bond acceptors (Lipinski definition) is 5. The van der Waals surface area contributed by atoms with Crippen molar-refractivity contribution < 1.29 is 56.9 Å². The minimum Gasteiger partial charge on any atom is -0.462 e. The van der Waals surface area contributed by atoms with E-state index in [1.54, 1.807) is 13.8 Å². The number of rotatable bonds is 9. The van der Waals surface area contributed by atoms with Gasteiger partial charge in [0.05, 0.1) is 6.10 Å². The van der Waals surface area contributed by atoms with Crippen LogP contribution in [0, 0.1) is 46.3 Å². The van der Waals surface area contributed by atoms with Crippen molar-refractivity contribution in [1.82, 2.24) is 0 Å². The molecule has 0 aromatic rings. The Morgan fingerprint density at radius 2 is 1.62 bits per heavy atom. The topological polar surface area (TPSA) is 80.7 Å². The second-order valence-corrected chi connectivity index (χ2v) is 13.6. The van der Waals surface area contributed by atoms with E-state index in [-0.39, 0.29) is 73.3 Å². The number of ether oxygens (including phenoxy) is 1. The molecule has 0 spiro atoms. The van der Waals surface area contributed by atoms with Crippen molar-refractivity contribution in [3.05, 3.63) is 0 Å². The maximum atomic E-state index is 12.3. The number of carbonyl (C=O) groups excluding carboxylic acids is 3. The molecule has 0 bridgehead atoms. The van der Waals surface area contributed by atoms with Crippen LogP contribution in [0.1, 0.15) is 118 Å². The third-order valence-corrected chi connectivity index (χ3v) is 11.6. The van der Waals surface area contributed by atoms with Gasteiger partial charge in [-0.2, -0.15) is 0 Å². The Morgan fingerprint density at radius 3 is 2.30 bits per heavy atom. The molecule has 207 valence electrons. The van der Waals surface area contributed by atoms with Gasteiger partial charge in [0.1, 0.15) is 17.7 Å². The molecule has 0 heterocycles. The first-order chi connectivity index (χ1) is 17.0. The van der Waals surface area contributed by atoms with E-state index in [1.807, 2.05) is 0 Å². The zero-order valence-corrected chi connectivity index (χ0v) is 26.8. The summed E-state index contributed by atoms with van der Waals surface area (Å²) in [6, 6.07) is 0. The summed E-state index contributed by atoms with van der Waals surface area (Å²) in [5, 5.41) is 11.7. The fourth-order valence-corrected chi connectivity index (χ4v) is 9.61. The van der Waals surface area contributed by atoms with Gasteiger partial charge < -0.3 is 19.4 Å². The van der Waals surface area contributed by atoms with Crippen molar-refractivity contribution in [2.24, 2.45) is 46.3 Å². The number of ketones is 2. The van der Waals surface area contributed by atoms with Gasteiger partial charge in [0.2, 0.25) is 0 Å². The minimum absolute atomic E-state index is 0. The zero-order chi connectivity index (χ0) is 26.3. The predicted octanol–water partition coefficient (Wildman–Crippen LogP) is 6.29. The van der Waals surface area contributed by atoms with Crippen molar-refractivity contribution in [2.75, 3.05) is 0 Å². The van der Waals surface area contributed by atoms with Gasteiger partial charge in [0.25, 0.3) is 0 Å². The summed E-state index contributed by atoms with van der Waals surface area (Å²) in [6.07, 6.45) is 11.3. The van der Waals surface area contributed by atoms with Crippen LogP contribution < -0.4 is 0 Å². The SMILES string of the molecule is CC(=O)CCCC(=O)OC1CCC2(C)C(CCC3C2CC(O)C2(C)C(C(C)CCC(C)=O)CCC32)C1.[Y]. The summed E-state index contributed by atoms with van der Waals surface area (Å²) >= 11 is 0. The average Bonchev–Trinajstić information content (AvgIpc) is 3.17. The van der Waals surface area contributed by atoms with Crippen LogP contribution in [0.15, 0.2) is 0 Å². The monoisotopic (exact) mass is 591 g/mol. The van der Waals surface area contributed by atoms with E-state index in [2.05, 4.69) is 20.8 Å². The van der Waals surface area contributed by atoms with Crippen molar-refractivity contribution in [3.63, 3.8) is 0 Å². The van der Waals surface area contributed by atoms with E-state index in [0.717, 1.165) is 32.1 Å². The van der Waals surface area contributed by atoms with E-state index >= 15 is 0 Å². The molecule has 0 amide bonds. The quantitative estimate of drug-likeness (QED) is 0.319. The second kappa shape index (κ2) is 12.6. The Bertz CT molecular complexity index is 843. The van der Waals surface area contributed by atoms with Gasteiger partial charge >= 0.3 is 5.97 Å². The third-order valence-electron chi connectivity index (χ3n) is 11.6. The van der Waals surface area contributed by atoms with E-state index in [1.165, 1.54) is 25.7 Å². The molecule has 0 aromatic carbocycles. The van der Waals surface area contributed by atoms with Gasteiger partial charge in [-0.15, -0.1) is 0 Å². The maximum absolute atomic E-state index is 12.3. The molecule has 1 N–H and O–H groups in total. The van der Waals surface area contributed by atoms with Crippen LogP contribution >= 0.6 is 0 Å². The Hall–Kier alpha value is -0.126. The van der Waals surface area contributed by atoms with Crippen LogP contribution in [-0.4, -0.2) is 34.9 Å². The van der Waals surface area contributed by atoms with Gasteiger partial charge in [-0.1, -0.05) is 20.8 Å². The minimum atomic E-state index is -0.275. The van der Waals surface area contributed by atoms with Crippen LogP contribution in [0.3, 0.4) is 0 Å². The van der Waals surface area contributed by atoms with Gasteiger partial charge in [0, 0.05) is 52.0 Å². The van der Waals surface area contributed by atoms with Crippen LogP contribution in [0.4, 0.5) is 0 Å². The Kier molecular flexibility index (Phi) is 10.7. The number of aliphatic hydroxyl groups is 1. The summed E-state index contributed by atoms with van der Waals surface area (Å²) in [7, 11) is 0. The number of esters is 1. The molecule has 0 saturated heterocycles. The van der Waals surface area contributed by atoms with Crippen molar-refractivity contribution in [2.45, 2.75) is 130 Å². The van der Waals surface area contributed by atoms with E-state index in [0.29, 0.717) is 61.2 Å². The molecule has 1 radical (unpaired) electrons. The smallest absolute Gasteiger partial charge is 0.306 e. The van der Waals surface area contributed by atoms with E-state index in [9.17, 15) is 19.5 Å². The predicted molar refractivity (Wildman–Crippen MR) is 140 cm³/mol. The van der Waals surface area contributed by atoms with Crippen molar-refractivity contribution in [3.8, 4) is 0 Å². The fourth-order valence-electron chi connectivity index (χ4n) is 9.61. The van der Waals surface area contributed by atoms with Gasteiger partial charge in [0.15, 0.2) is 0 Å². The molecule has 0 aliphatic heterocycles. The first-order valence-corrected chi connectivity index (χ1v) is 14.8. The van der Waals surface area contributed by atoms with Crippen LogP contribution in [0.25, 0.3) is 0 Å². The number of hydrogen-bond donors (Lipinski definition) is 1. The van der Waals surface area contributed by atoms with Crippen LogP contribution in [0.5, 0.6) is 0 Å². The number of carbonyl (C=O) groups is 3. The standard InChI is InChI=1S/C31H50O5.Y/c1-19(9-10-21(3)33)25-13-14-26-24-12-11-22-17-23(36-29(35)8-6-7-20(2)32)15-16-30(22,4)27(24)18-28(34)31(25,26)5;/h19,22-28,34H,6-18H2,1-5H3;.